The molecule has 0 N–H and O–H groups in total. The second kappa shape index (κ2) is 4.44. The van der Waals surface area contributed by atoms with Crippen LogP contribution in [0.3, 0.4) is 0 Å². The first-order valence-electron chi connectivity index (χ1n) is 4.60. The van der Waals surface area contributed by atoms with Crippen molar-refractivity contribution in [2.24, 2.45) is 5.92 Å². The van der Waals surface area contributed by atoms with E-state index in [1.807, 2.05) is 12.1 Å². The van der Waals surface area contributed by atoms with E-state index in [1.165, 1.54) is 0 Å². The van der Waals surface area contributed by atoms with Crippen LogP contribution in [0.15, 0.2) is 18.2 Å². The molecule has 0 fully saturated rings. The third-order valence-electron chi connectivity index (χ3n) is 1.99. The molecule has 0 saturated carbocycles. The molecule has 0 atom stereocenters. The first kappa shape index (κ1) is 10.3. The van der Waals surface area contributed by atoms with Gasteiger partial charge in [-0.2, -0.15) is 10.5 Å². The van der Waals surface area contributed by atoms with Crippen molar-refractivity contribution in [2.75, 3.05) is 0 Å². The summed E-state index contributed by atoms with van der Waals surface area (Å²) in [6.07, 6.45) is 0.884. The van der Waals surface area contributed by atoms with Gasteiger partial charge in [0.2, 0.25) is 0 Å². The zero-order valence-corrected chi connectivity index (χ0v) is 8.41. The Morgan fingerprint density at radius 2 is 1.93 bits per heavy atom. The van der Waals surface area contributed by atoms with Gasteiger partial charge in [-0.25, -0.2) is 0 Å². The van der Waals surface area contributed by atoms with Crippen molar-refractivity contribution in [3.63, 3.8) is 0 Å². The molecule has 0 bridgehead atoms. The Balaban J connectivity index is 3.08. The van der Waals surface area contributed by atoms with Crippen LogP contribution >= 0.6 is 0 Å². The van der Waals surface area contributed by atoms with Gasteiger partial charge in [0.25, 0.3) is 0 Å². The zero-order chi connectivity index (χ0) is 10.6. The van der Waals surface area contributed by atoms with Gasteiger partial charge in [0.15, 0.2) is 0 Å². The third kappa shape index (κ3) is 2.34. The Kier molecular flexibility index (Phi) is 3.26. The fraction of sp³-hybridized carbons (Fsp3) is 0.333. The van der Waals surface area contributed by atoms with Crippen LogP contribution in [0.5, 0.6) is 0 Å². The Hall–Kier alpha value is -1.80. The molecule has 1 rings (SSSR count). The normalized spacial score (nSPS) is 9.50. The number of nitrogens with zero attached hydrogens (tertiary/aromatic N) is 2. The van der Waals surface area contributed by atoms with E-state index in [2.05, 4.69) is 19.9 Å². The summed E-state index contributed by atoms with van der Waals surface area (Å²) in [6, 6.07) is 9.44. The van der Waals surface area contributed by atoms with Gasteiger partial charge in [-0.3, -0.25) is 0 Å². The maximum absolute atomic E-state index is 8.89. The van der Waals surface area contributed by atoms with Crippen LogP contribution in [0, 0.1) is 28.6 Å². The summed E-state index contributed by atoms with van der Waals surface area (Å²) >= 11 is 0. The molecule has 0 spiro atoms. The molecule has 0 saturated heterocycles. The van der Waals surface area contributed by atoms with Crippen molar-refractivity contribution in [3.8, 4) is 12.1 Å². The van der Waals surface area contributed by atoms with Crippen LogP contribution in [0.25, 0.3) is 0 Å². The molecule has 0 amide bonds. The summed E-state index contributed by atoms with van der Waals surface area (Å²) in [5, 5.41) is 17.6. The molecule has 0 aromatic heterocycles. The quantitative estimate of drug-likeness (QED) is 0.709. The summed E-state index contributed by atoms with van der Waals surface area (Å²) in [6.45, 7) is 4.22. The van der Waals surface area contributed by atoms with Crippen molar-refractivity contribution in [1.82, 2.24) is 0 Å². The van der Waals surface area contributed by atoms with Crippen LogP contribution in [0.2, 0.25) is 0 Å². The van der Waals surface area contributed by atoms with Crippen molar-refractivity contribution < 1.29 is 0 Å². The lowest BCUT2D eigenvalue weighted by molar-refractivity contribution is 0.646. The standard InChI is InChI=1S/C12H12N2/c1-9(2)5-11-4-3-10(7-13)6-12(11)8-14/h3-4,6,9H,5H2,1-2H3. The minimum absolute atomic E-state index is 0.523. The van der Waals surface area contributed by atoms with E-state index in [0.29, 0.717) is 17.0 Å². The van der Waals surface area contributed by atoms with Crippen molar-refractivity contribution >= 4 is 0 Å². The Morgan fingerprint density at radius 3 is 2.43 bits per heavy atom. The number of hydrogen-bond acceptors (Lipinski definition) is 2. The van der Waals surface area contributed by atoms with E-state index in [-0.39, 0.29) is 0 Å². The van der Waals surface area contributed by atoms with Gasteiger partial charge in [0.05, 0.1) is 23.3 Å². The Labute approximate surface area is 84.4 Å². The average molecular weight is 184 g/mol. The molecule has 0 radical (unpaired) electrons. The molecule has 1 aromatic rings. The molecule has 14 heavy (non-hydrogen) atoms. The van der Waals surface area contributed by atoms with Gasteiger partial charge in [0, 0.05) is 0 Å². The summed E-state index contributed by atoms with van der Waals surface area (Å²) in [5.41, 5.74) is 2.20. The first-order valence-corrected chi connectivity index (χ1v) is 4.60. The van der Waals surface area contributed by atoms with Crippen molar-refractivity contribution in [1.29, 1.82) is 10.5 Å². The predicted octanol–water partition coefficient (Wildman–Crippen LogP) is 2.63. The van der Waals surface area contributed by atoms with Crippen LogP contribution in [-0.4, -0.2) is 0 Å². The second-order valence-electron chi connectivity index (χ2n) is 3.69. The molecule has 70 valence electrons. The number of nitriles is 2. The lowest BCUT2D eigenvalue weighted by Crippen LogP contribution is -1.97. The number of hydrogen-bond donors (Lipinski definition) is 0. The molecule has 2 heteroatoms. The molecule has 0 aliphatic rings. The van der Waals surface area contributed by atoms with E-state index in [9.17, 15) is 0 Å². The predicted molar refractivity (Wildman–Crippen MR) is 54.4 cm³/mol. The minimum atomic E-state index is 0.523. The third-order valence-corrected chi connectivity index (χ3v) is 1.99. The van der Waals surface area contributed by atoms with Crippen LogP contribution in [0.4, 0.5) is 0 Å². The highest BCUT2D eigenvalue weighted by Crippen LogP contribution is 2.14. The van der Waals surface area contributed by atoms with E-state index in [1.54, 1.807) is 12.1 Å². The van der Waals surface area contributed by atoms with Gasteiger partial charge in [0.1, 0.15) is 0 Å². The summed E-state index contributed by atoms with van der Waals surface area (Å²) < 4.78 is 0. The van der Waals surface area contributed by atoms with E-state index in [0.717, 1.165) is 12.0 Å². The van der Waals surface area contributed by atoms with Crippen molar-refractivity contribution in [3.05, 3.63) is 34.9 Å². The van der Waals surface area contributed by atoms with E-state index < -0.39 is 0 Å². The Morgan fingerprint density at radius 1 is 1.21 bits per heavy atom. The zero-order valence-electron chi connectivity index (χ0n) is 8.41. The highest BCUT2D eigenvalue weighted by atomic mass is 14.3. The van der Waals surface area contributed by atoms with Crippen LogP contribution in [-0.2, 0) is 6.42 Å². The van der Waals surface area contributed by atoms with Gasteiger partial charge in [-0.1, -0.05) is 19.9 Å². The molecular weight excluding hydrogens is 172 g/mol. The van der Waals surface area contributed by atoms with Gasteiger partial charge < -0.3 is 0 Å². The van der Waals surface area contributed by atoms with Crippen molar-refractivity contribution in [2.45, 2.75) is 20.3 Å². The number of benzene rings is 1. The lowest BCUT2D eigenvalue weighted by atomic mass is 9.97. The largest absolute Gasteiger partial charge is 0.192 e. The fourth-order valence-corrected chi connectivity index (χ4v) is 1.37. The number of rotatable bonds is 2. The molecule has 1 aromatic carbocycles. The van der Waals surface area contributed by atoms with Crippen LogP contribution < -0.4 is 0 Å². The molecule has 0 unspecified atom stereocenters. The smallest absolute Gasteiger partial charge is 0.0994 e. The molecular formula is C12H12N2. The summed E-state index contributed by atoms with van der Waals surface area (Å²) in [4.78, 5) is 0. The van der Waals surface area contributed by atoms with E-state index in [4.69, 9.17) is 10.5 Å². The summed E-state index contributed by atoms with van der Waals surface area (Å²) in [7, 11) is 0. The topological polar surface area (TPSA) is 47.6 Å². The summed E-state index contributed by atoms with van der Waals surface area (Å²) in [5.74, 6) is 0.523. The maximum atomic E-state index is 8.89. The lowest BCUT2D eigenvalue weighted by Gasteiger charge is -2.06. The molecule has 0 aliphatic heterocycles. The molecule has 0 heterocycles. The SMILES string of the molecule is CC(C)Cc1ccc(C#N)cc1C#N. The van der Waals surface area contributed by atoms with E-state index >= 15 is 0 Å². The first-order chi connectivity index (χ1) is 6.67. The van der Waals surface area contributed by atoms with Gasteiger partial charge in [-0.15, -0.1) is 0 Å². The second-order valence-corrected chi connectivity index (χ2v) is 3.69. The van der Waals surface area contributed by atoms with Gasteiger partial charge in [-0.05, 0) is 30.0 Å². The Bertz CT molecular complexity index is 405. The van der Waals surface area contributed by atoms with Crippen LogP contribution in [0.1, 0.15) is 30.5 Å². The monoisotopic (exact) mass is 184 g/mol. The average Bonchev–Trinajstić information content (AvgIpc) is 2.17. The molecule has 0 aliphatic carbocycles. The fourth-order valence-electron chi connectivity index (χ4n) is 1.37. The maximum Gasteiger partial charge on any atom is 0.0994 e. The highest BCUT2D eigenvalue weighted by Gasteiger charge is 2.05. The highest BCUT2D eigenvalue weighted by molar-refractivity contribution is 5.44. The minimum Gasteiger partial charge on any atom is -0.192 e. The van der Waals surface area contributed by atoms with Gasteiger partial charge >= 0.3 is 0 Å². The molecule has 2 nitrogen and oxygen atoms in total.